The van der Waals surface area contributed by atoms with Crippen LogP contribution in [-0.4, -0.2) is 0 Å². The van der Waals surface area contributed by atoms with Crippen LogP contribution in [0.25, 0.3) is 5.57 Å². The smallest absolute Gasteiger partial charge is 0.0384 e. The second-order valence-corrected chi connectivity index (χ2v) is 4.21. The molecular formula is C17H17N. The molecule has 0 fully saturated rings. The van der Waals surface area contributed by atoms with Gasteiger partial charge in [0.25, 0.3) is 0 Å². The summed E-state index contributed by atoms with van der Waals surface area (Å²) in [6, 6.07) is 20.4. The number of hydrogen-bond acceptors (Lipinski definition) is 1. The molecule has 0 aromatic heterocycles. The maximum Gasteiger partial charge on any atom is 0.0384 e. The number of nitrogens with one attached hydrogen (secondary N) is 1. The quantitative estimate of drug-likeness (QED) is 0.756. The molecule has 0 saturated carbocycles. The van der Waals surface area contributed by atoms with E-state index in [1.165, 1.54) is 11.1 Å². The Balaban J connectivity index is 2.07. The van der Waals surface area contributed by atoms with Crippen LogP contribution in [0.1, 0.15) is 12.5 Å². The lowest BCUT2D eigenvalue weighted by Crippen LogP contribution is -1.95. The molecule has 1 nitrogen and oxygen atoms in total. The Morgan fingerprint density at radius 3 is 2.11 bits per heavy atom. The maximum absolute atomic E-state index is 4.03. The number of rotatable bonds is 4. The van der Waals surface area contributed by atoms with Gasteiger partial charge in [-0.15, -0.1) is 0 Å². The first-order valence-corrected chi connectivity index (χ1v) is 6.00. The van der Waals surface area contributed by atoms with Crippen LogP contribution in [0.3, 0.4) is 0 Å². The summed E-state index contributed by atoms with van der Waals surface area (Å²) in [5, 5.41) is 3.27. The number of hydrogen-bond donors (Lipinski definition) is 1. The molecule has 0 spiro atoms. The Morgan fingerprint density at radius 1 is 0.944 bits per heavy atom. The molecule has 0 aliphatic carbocycles. The van der Waals surface area contributed by atoms with Gasteiger partial charge < -0.3 is 5.32 Å². The van der Waals surface area contributed by atoms with Crippen LogP contribution >= 0.6 is 0 Å². The molecule has 2 aromatic rings. The molecule has 0 heterocycles. The third-order valence-electron chi connectivity index (χ3n) is 2.70. The third kappa shape index (κ3) is 3.36. The van der Waals surface area contributed by atoms with Crippen molar-refractivity contribution in [3.05, 3.63) is 84.6 Å². The molecule has 2 aromatic carbocycles. The molecule has 0 atom stereocenters. The van der Waals surface area contributed by atoms with E-state index in [0.717, 1.165) is 11.4 Å². The van der Waals surface area contributed by atoms with Gasteiger partial charge in [0.2, 0.25) is 0 Å². The molecular weight excluding hydrogens is 218 g/mol. The predicted molar refractivity (Wildman–Crippen MR) is 79.3 cm³/mol. The lowest BCUT2D eigenvalue weighted by atomic mass is 10.1. The van der Waals surface area contributed by atoms with E-state index in [4.69, 9.17) is 0 Å². The third-order valence-corrected chi connectivity index (χ3v) is 2.70. The number of benzene rings is 2. The van der Waals surface area contributed by atoms with E-state index in [2.05, 4.69) is 37.0 Å². The van der Waals surface area contributed by atoms with Crippen molar-refractivity contribution < 1.29 is 0 Å². The normalized spacial score (nSPS) is 11.1. The highest BCUT2D eigenvalue weighted by molar-refractivity contribution is 5.67. The minimum atomic E-state index is 0.891. The van der Waals surface area contributed by atoms with Crippen molar-refractivity contribution in [3.63, 3.8) is 0 Å². The average Bonchev–Trinajstić information content (AvgIpc) is 2.40. The molecule has 0 aliphatic rings. The molecule has 18 heavy (non-hydrogen) atoms. The zero-order valence-corrected chi connectivity index (χ0v) is 10.6. The fourth-order valence-electron chi connectivity index (χ4n) is 1.79. The molecule has 2 rings (SSSR count). The van der Waals surface area contributed by atoms with E-state index in [1.54, 1.807) is 0 Å². The summed E-state index contributed by atoms with van der Waals surface area (Å²) >= 11 is 0. The molecule has 0 radical (unpaired) electrons. The number of anilines is 1. The molecule has 90 valence electrons. The van der Waals surface area contributed by atoms with Crippen molar-refractivity contribution in [3.8, 4) is 0 Å². The lowest BCUT2D eigenvalue weighted by molar-refractivity contribution is 1.47. The Bertz CT molecular complexity index is 538. The van der Waals surface area contributed by atoms with Gasteiger partial charge in [-0.3, -0.25) is 0 Å². The van der Waals surface area contributed by atoms with Crippen molar-refractivity contribution in [1.82, 2.24) is 0 Å². The van der Waals surface area contributed by atoms with Crippen molar-refractivity contribution in [2.24, 2.45) is 0 Å². The van der Waals surface area contributed by atoms with Gasteiger partial charge in [0.1, 0.15) is 0 Å². The standard InChI is InChI=1S/C17H17N/c1-14(16-9-5-3-6-10-16)13-15(2)18-17-11-7-4-8-12-17/h3-13,18H,2H2,1H3/b14-13+. The lowest BCUT2D eigenvalue weighted by Gasteiger charge is -2.07. The van der Waals surface area contributed by atoms with Crippen molar-refractivity contribution >= 4 is 11.3 Å². The predicted octanol–water partition coefficient (Wildman–Crippen LogP) is 4.72. The minimum absolute atomic E-state index is 0.891. The molecule has 0 bridgehead atoms. The summed E-state index contributed by atoms with van der Waals surface area (Å²) in [6.45, 7) is 6.12. The Morgan fingerprint density at radius 2 is 1.50 bits per heavy atom. The van der Waals surface area contributed by atoms with E-state index in [9.17, 15) is 0 Å². The molecule has 0 saturated heterocycles. The molecule has 1 heteroatoms. The summed E-state index contributed by atoms with van der Waals surface area (Å²) < 4.78 is 0. The Hall–Kier alpha value is -2.28. The van der Waals surface area contributed by atoms with Gasteiger partial charge in [-0.2, -0.15) is 0 Å². The van der Waals surface area contributed by atoms with Crippen LogP contribution in [0.2, 0.25) is 0 Å². The van der Waals surface area contributed by atoms with Gasteiger partial charge in [-0.05, 0) is 36.3 Å². The molecule has 1 N–H and O–H groups in total. The minimum Gasteiger partial charge on any atom is -0.356 e. The van der Waals surface area contributed by atoms with Crippen molar-refractivity contribution in [1.29, 1.82) is 0 Å². The second kappa shape index (κ2) is 5.87. The fraction of sp³-hybridized carbons (Fsp3) is 0.0588. The van der Waals surface area contributed by atoms with Gasteiger partial charge in [0.05, 0.1) is 0 Å². The zero-order valence-electron chi connectivity index (χ0n) is 10.6. The monoisotopic (exact) mass is 235 g/mol. The van der Waals surface area contributed by atoms with E-state index in [-0.39, 0.29) is 0 Å². The first-order chi connectivity index (χ1) is 8.75. The molecule has 0 unspecified atom stereocenters. The molecule has 0 aliphatic heterocycles. The topological polar surface area (TPSA) is 12.0 Å². The first kappa shape index (κ1) is 12.2. The van der Waals surface area contributed by atoms with Gasteiger partial charge in [0, 0.05) is 11.4 Å². The summed E-state index contributed by atoms with van der Waals surface area (Å²) in [6.07, 6.45) is 2.06. The SMILES string of the molecule is C=C(/C=C(\C)c1ccccc1)Nc1ccccc1. The van der Waals surface area contributed by atoms with Crippen LogP contribution in [0, 0.1) is 0 Å². The van der Waals surface area contributed by atoms with E-state index >= 15 is 0 Å². The first-order valence-electron chi connectivity index (χ1n) is 6.00. The highest BCUT2D eigenvalue weighted by Gasteiger charge is 1.96. The average molecular weight is 235 g/mol. The Labute approximate surface area is 108 Å². The fourth-order valence-corrected chi connectivity index (χ4v) is 1.79. The summed E-state index contributed by atoms with van der Waals surface area (Å²) in [5.74, 6) is 0. The largest absolute Gasteiger partial charge is 0.356 e. The van der Waals surface area contributed by atoms with Crippen LogP contribution in [0.15, 0.2) is 79.0 Å². The van der Waals surface area contributed by atoms with Crippen LogP contribution in [0.4, 0.5) is 5.69 Å². The molecule has 0 amide bonds. The highest BCUT2D eigenvalue weighted by atomic mass is 14.9. The van der Waals surface area contributed by atoms with Crippen LogP contribution in [-0.2, 0) is 0 Å². The van der Waals surface area contributed by atoms with Gasteiger partial charge in [-0.1, -0.05) is 55.1 Å². The van der Waals surface area contributed by atoms with Crippen molar-refractivity contribution in [2.45, 2.75) is 6.92 Å². The van der Waals surface area contributed by atoms with E-state index in [0.29, 0.717) is 0 Å². The summed E-state index contributed by atoms with van der Waals surface area (Å²) in [7, 11) is 0. The second-order valence-electron chi connectivity index (χ2n) is 4.21. The summed E-state index contributed by atoms with van der Waals surface area (Å²) in [4.78, 5) is 0. The van der Waals surface area contributed by atoms with Crippen LogP contribution < -0.4 is 5.32 Å². The van der Waals surface area contributed by atoms with E-state index in [1.807, 2.05) is 48.5 Å². The number of para-hydroxylation sites is 1. The van der Waals surface area contributed by atoms with Gasteiger partial charge >= 0.3 is 0 Å². The highest BCUT2D eigenvalue weighted by Crippen LogP contribution is 2.16. The summed E-state index contributed by atoms with van der Waals surface area (Å²) in [5.41, 5.74) is 4.36. The van der Waals surface area contributed by atoms with Crippen molar-refractivity contribution in [2.75, 3.05) is 5.32 Å². The zero-order chi connectivity index (χ0) is 12.8. The number of allylic oxidation sites excluding steroid dienone is 2. The van der Waals surface area contributed by atoms with Gasteiger partial charge in [0.15, 0.2) is 0 Å². The Kier molecular flexibility index (Phi) is 3.98. The van der Waals surface area contributed by atoms with Gasteiger partial charge in [-0.25, -0.2) is 0 Å². The maximum atomic E-state index is 4.03. The van der Waals surface area contributed by atoms with E-state index < -0.39 is 0 Å². The van der Waals surface area contributed by atoms with Crippen LogP contribution in [0.5, 0.6) is 0 Å².